The van der Waals surface area contributed by atoms with Crippen LogP contribution in [0.5, 0.6) is 5.75 Å². The van der Waals surface area contributed by atoms with E-state index in [1.54, 1.807) is 6.07 Å². The number of aromatic hydroxyl groups is 1. The lowest BCUT2D eigenvalue weighted by Crippen LogP contribution is -2.17. The van der Waals surface area contributed by atoms with Crippen molar-refractivity contribution >= 4 is 5.69 Å². The molecule has 1 atom stereocenters. The maximum Gasteiger partial charge on any atom is 0.118 e. The summed E-state index contributed by atoms with van der Waals surface area (Å²) >= 11 is 0. The highest BCUT2D eigenvalue weighted by Gasteiger charge is 2.19. The highest BCUT2D eigenvalue weighted by atomic mass is 16.3. The summed E-state index contributed by atoms with van der Waals surface area (Å²) < 4.78 is 0. The van der Waals surface area contributed by atoms with Crippen LogP contribution in [0, 0.1) is 6.92 Å². The molecule has 0 heterocycles. The molecule has 98 valence electrons. The van der Waals surface area contributed by atoms with Gasteiger partial charge in [-0.25, -0.2) is 0 Å². The van der Waals surface area contributed by atoms with Crippen LogP contribution in [0.15, 0.2) is 42.5 Å². The largest absolute Gasteiger partial charge is 0.508 e. The first-order valence-electron chi connectivity index (χ1n) is 6.88. The highest BCUT2D eigenvalue weighted by molar-refractivity contribution is 5.52. The Morgan fingerprint density at radius 3 is 2.84 bits per heavy atom. The first-order chi connectivity index (χ1) is 9.24. The Morgan fingerprint density at radius 2 is 2.00 bits per heavy atom. The zero-order chi connectivity index (χ0) is 13.2. The fraction of sp³-hybridized carbons (Fsp3) is 0.294. The SMILES string of the molecule is Cc1cc(NC2CCCc3ccccc32)ccc1O. The minimum atomic E-state index is 0.356. The molecule has 0 spiro atoms. The zero-order valence-corrected chi connectivity index (χ0v) is 11.2. The highest BCUT2D eigenvalue weighted by Crippen LogP contribution is 2.33. The van der Waals surface area contributed by atoms with Crippen LogP contribution in [0.4, 0.5) is 5.69 Å². The molecule has 0 aromatic heterocycles. The second-order valence-electron chi connectivity index (χ2n) is 5.29. The van der Waals surface area contributed by atoms with Crippen LogP contribution in [0.3, 0.4) is 0 Å². The molecular formula is C17H19NO. The Bertz CT molecular complexity index is 592. The van der Waals surface area contributed by atoms with Gasteiger partial charge in [0, 0.05) is 5.69 Å². The summed E-state index contributed by atoms with van der Waals surface area (Å²) in [7, 11) is 0. The van der Waals surface area contributed by atoms with Gasteiger partial charge in [0.1, 0.15) is 5.75 Å². The summed E-state index contributed by atoms with van der Waals surface area (Å²) in [5.41, 5.74) is 4.87. The third-order valence-electron chi connectivity index (χ3n) is 3.91. The summed E-state index contributed by atoms with van der Waals surface area (Å²) in [6.45, 7) is 1.93. The Balaban J connectivity index is 1.86. The molecule has 1 aliphatic rings. The van der Waals surface area contributed by atoms with Gasteiger partial charge in [-0.1, -0.05) is 24.3 Å². The lowest BCUT2D eigenvalue weighted by Gasteiger charge is -2.27. The lowest BCUT2D eigenvalue weighted by atomic mass is 9.87. The van der Waals surface area contributed by atoms with E-state index in [1.165, 1.54) is 24.0 Å². The van der Waals surface area contributed by atoms with Gasteiger partial charge in [0.05, 0.1) is 6.04 Å². The monoisotopic (exact) mass is 253 g/mol. The standard InChI is InChI=1S/C17H19NO/c1-12-11-14(9-10-17(12)19)18-16-8-4-6-13-5-2-3-7-15(13)16/h2-3,5,7,9-11,16,18-19H,4,6,8H2,1H3. The van der Waals surface area contributed by atoms with Crippen molar-refractivity contribution in [3.8, 4) is 5.75 Å². The number of benzene rings is 2. The third kappa shape index (κ3) is 2.43. The number of nitrogens with one attached hydrogen (secondary N) is 1. The molecule has 0 aliphatic heterocycles. The van der Waals surface area contributed by atoms with Crippen molar-refractivity contribution in [2.75, 3.05) is 5.32 Å². The topological polar surface area (TPSA) is 32.3 Å². The molecule has 0 radical (unpaired) electrons. The summed E-state index contributed by atoms with van der Waals surface area (Å²) in [6.07, 6.45) is 3.58. The minimum Gasteiger partial charge on any atom is -0.508 e. The molecule has 2 nitrogen and oxygen atoms in total. The zero-order valence-electron chi connectivity index (χ0n) is 11.2. The Hall–Kier alpha value is -1.96. The first kappa shape index (κ1) is 12.1. The minimum absolute atomic E-state index is 0.356. The van der Waals surface area contributed by atoms with E-state index in [-0.39, 0.29) is 0 Å². The second kappa shape index (κ2) is 4.96. The van der Waals surface area contributed by atoms with Crippen molar-refractivity contribution in [1.82, 2.24) is 0 Å². The van der Waals surface area contributed by atoms with Crippen molar-refractivity contribution in [3.63, 3.8) is 0 Å². The van der Waals surface area contributed by atoms with Crippen LogP contribution >= 0.6 is 0 Å². The number of anilines is 1. The van der Waals surface area contributed by atoms with Crippen molar-refractivity contribution < 1.29 is 5.11 Å². The Kier molecular flexibility index (Phi) is 3.16. The molecule has 19 heavy (non-hydrogen) atoms. The number of phenols is 1. The fourth-order valence-corrected chi connectivity index (χ4v) is 2.85. The molecule has 0 saturated heterocycles. The van der Waals surface area contributed by atoms with E-state index in [9.17, 15) is 5.11 Å². The third-order valence-corrected chi connectivity index (χ3v) is 3.91. The summed E-state index contributed by atoms with van der Waals surface area (Å²) in [4.78, 5) is 0. The number of hydrogen-bond acceptors (Lipinski definition) is 2. The molecule has 0 saturated carbocycles. The number of aryl methyl sites for hydroxylation is 2. The van der Waals surface area contributed by atoms with Crippen LogP contribution in [-0.4, -0.2) is 5.11 Å². The predicted molar refractivity (Wildman–Crippen MR) is 78.6 cm³/mol. The van der Waals surface area contributed by atoms with E-state index in [2.05, 4.69) is 29.6 Å². The van der Waals surface area contributed by atoms with Gasteiger partial charge in [0.15, 0.2) is 0 Å². The first-order valence-corrected chi connectivity index (χ1v) is 6.88. The maximum atomic E-state index is 9.58. The quantitative estimate of drug-likeness (QED) is 0.786. The van der Waals surface area contributed by atoms with E-state index >= 15 is 0 Å². The molecule has 1 unspecified atom stereocenters. The van der Waals surface area contributed by atoms with Crippen LogP contribution < -0.4 is 5.32 Å². The average Bonchev–Trinajstić information content (AvgIpc) is 2.43. The Morgan fingerprint density at radius 1 is 1.16 bits per heavy atom. The van der Waals surface area contributed by atoms with Crippen LogP contribution in [0.2, 0.25) is 0 Å². The van der Waals surface area contributed by atoms with Crippen molar-refractivity contribution in [3.05, 3.63) is 59.2 Å². The maximum absolute atomic E-state index is 9.58. The van der Waals surface area contributed by atoms with Gasteiger partial charge in [0.2, 0.25) is 0 Å². The van der Waals surface area contributed by atoms with E-state index in [4.69, 9.17) is 0 Å². The van der Waals surface area contributed by atoms with Gasteiger partial charge < -0.3 is 10.4 Å². The fourth-order valence-electron chi connectivity index (χ4n) is 2.85. The van der Waals surface area contributed by atoms with Crippen LogP contribution in [0.1, 0.15) is 35.6 Å². The molecule has 2 aromatic rings. The number of fused-ring (bicyclic) bond motifs is 1. The smallest absolute Gasteiger partial charge is 0.118 e. The second-order valence-corrected chi connectivity index (χ2v) is 5.29. The molecule has 0 bridgehead atoms. The number of rotatable bonds is 2. The molecule has 3 rings (SSSR count). The van der Waals surface area contributed by atoms with Gasteiger partial charge in [-0.15, -0.1) is 0 Å². The number of hydrogen-bond donors (Lipinski definition) is 2. The molecular weight excluding hydrogens is 234 g/mol. The summed E-state index contributed by atoms with van der Waals surface area (Å²) in [5.74, 6) is 0.356. The molecule has 2 heteroatoms. The van der Waals surface area contributed by atoms with Gasteiger partial charge in [0.25, 0.3) is 0 Å². The molecule has 2 N–H and O–H groups in total. The van der Waals surface area contributed by atoms with Gasteiger partial charge in [-0.05, 0) is 61.1 Å². The lowest BCUT2D eigenvalue weighted by molar-refractivity contribution is 0.471. The van der Waals surface area contributed by atoms with Crippen molar-refractivity contribution in [2.24, 2.45) is 0 Å². The van der Waals surface area contributed by atoms with Crippen molar-refractivity contribution in [1.29, 1.82) is 0 Å². The molecule has 2 aromatic carbocycles. The predicted octanol–water partition coefficient (Wildman–Crippen LogP) is 4.19. The van der Waals surface area contributed by atoms with Gasteiger partial charge >= 0.3 is 0 Å². The molecule has 0 fully saturated rings. The molecule has 1 aliphatic carbocycles. The normalized spacial score (nSPS) is 17.8. The van der Waals surface area contributed by atoms with E-state index < -0.39 is 0 Å². The van der Waals surface area contributed by atoms with Crippen molar-refractivity contribution in [2.45, 2.75) is 32.2 Å². The Labute approximate surface area is 114 Å². The van der Waals surface area contributed by atoms with Crippen LogP contribution in [-0.2, 0) is 6.42 Å². The average molecular weight is 253 g/mol. The summed E-state index contributed by atoms with van der Waals surface area (Å²) in [6, 6.07) is 14.8. The number of phenolic OH excluding ortho intramolecular Hbond substituents is 1. The molecule has 0 amide bonds. The van der Waals surface area contributed by atoms with E-state index in [0.717, 1.165) is 17.7 Å². The van der Waals surface area contributed by atoms with E-state index in [1.807, 2.05) is 19.1 Å². The van der Waals surface area contributed by atoms with Gasteiger partial charge in [-0.3, -0.25) is 0 Å². The van der Waals surface area contributed by atoms with Crippen LogP contribution in [0.25, 0.3) is 0 Å². The van der Waals surface area contributed by atoms with Gasteiger partial charge in [-0.2, -0.15) is 0 Å². The van der Waals surface area contributed by atoms with E-state index in [0.29, 0.717) is 11.8 Å². The summed E-state index contributed by atoms with van der Waals surface area (Å²) in [5, 5.41) is 13.2.